The molecule has 2 fully saturated rings. The van der Waals surface area contributed by atoms with E-state index >= 15 is 0 Å². The van der Waals surface area contributed by atoms with Gasteiger partial charge >= 0.3 is 0 Å². The zero-order valence-electron chi connectivity index (χ0n) is 15.9. The Morgan fingerprint density at radius 3 is 2.89 bits per heavy atom. The first kappa shape index (κ1) is 17.5. The van der Waals surface area contributed by atoms with Crippen LogP contribution in [0.25, 0.3) is 11.5 Å². The molecule has 7 heteroatoms. The quantitative estimate of drug-likeness (QED) is 0.822. The molecule has 1 aliphatic heterocycles. The van der Waals surface area contributed by atoms with Crippen LogP contribution in [0, 0.1) is 11.3 Å². The molecule has 1 spiro atoms. The van der Waals surface area contributed by atoms with E-state index in [1.807, 2.05) is 18.2 Å². The average molecular weight is 383 g/mol. The summed E-state index contributed by atoms with van der Waals surface area (Å²) < 4.78 is 16.4. The number of rotatable bonds is 6. The van der Waals surface area contributed by atoms with Crippen LogP contribution < -0.4 is 14.8 Å². The average Bonchev–Trinajstić information content (AvgIpc) is 3.10. The molecular weight excluding hydrogens is 358 g/mol. The minimum Gasteiger partial charge on any atom is -0.454 e. The number of carbonyl (C=O) groups excluding carboxylic acids is 1. The topological polar surface area (TPSA) is 86.5 Å². The minimum atomic E-state index is 0.0562. The summed E-state index contributed by atoms with van der Waals surface area (Å²) in [6.07, 6.45) is 8.87. The molecule has 5 rings (SSSR count). The highest BCUT2D eigenvalue weighted by atomic mass is 16.7. The highest BCUT2D eigenvalue weighted by molar-refractivity contribution is 5.76. The lowest BCUT2D eigenvalue weighted by molar-refractivity contribution is -0.121. The van der Waals surface area contributed by atoms with Crippen LogP contribution in [0.2, 0.25) is 0 Å². The predicted octanol–water partition coefficient (Wildman–Crippen LogP) is 3.48. The second kappa shape index (κ2) is 7.11. The van der Waals surface area contributed by atoms with Gasteiger partial charge in [0.1, 0.15) is 0 Å². The van der Waals surface area contributed by atoms with Gasteiger partial charge in [-0.1, -0.05) is 19.3 Å². The standard InChI is InChI=1S/C21H25N3O4/c25-18(22-12-15-11-21(15)8-2-1-3-9-21)6-7-19-23-24-20(28-19)14-4-5-16-17(10-14)27-13-26-16/h4-5,10,15H,1-3,6-9,11-13H2,(H,22,25)/t15-/m1/s1. The van der Waals surface area contributed by atoms with E-state index in [1.54, 1.807) is 0 Å². The Balaban J connectivity index is 1.10. The second-order valence-corrected chi connectivity index (χ2v) is 8.20. The Morgan fingerprint density at radius 2 is 2.00 bits per heavy atom. The van der Waals surface area contributed by atoms with E-state index < -0.39 is 0 Å². The molecule has 0 radical (unpaired) electrons. The van der Waals surface area contributed by atoms with Gasteiger partial charge in [0.05, 0.1) is 0 Å². The molecule has 0 unspecified atom stereocenters. The first-order chi connectivity index (χ1) is 13.7. The van der Waals surface area contributed by atoms with Crippen molar-refractivity contribution in [2.45, 2.75) is 51.4 Å². The summed E-state index contributed by atoms with van der Waals surface area (Å²) in [4.78, 5) is 12.2. The van der Waals surface area contributed by atoms with Crippen LogP contribution >= 0.6 is 0 Å². The summed E-state index contributed by atoms with van der Waals surface area (Å²) in [6.45, 7) is 1.04. The van der Waals surface area contributed by atoms with E-state index in [4.69, 9.17) is 13.9 Å². The number of nitrogens with one attached hydrogen (secondary N) is 1. The first-order valence-electron chi connectivity index (χ1n) is 10.2. The molecule has 0 bridgehead atoms. The number of carbonyl (C=O) groups is 1. The van der Waals surface area contributed by atoms with Crippen LogP contribution in [0.15, 0.2) is 22.6 Å². The highest BCUT2D eigenvalue weighted by Gasteiger charge is 2.53. The number of nitrogens with zero attached hydrogens (tertiary/aromatic N) is 2. The molecule has 2 saturated carbocycles. The van der Waals surface area contributed by atoms with Gasteiger partial charge in [0.25, 0.3) is 0 Å². The fraction of sp³-hybridized carbons (Fsp3) is 0.571. The lowest BCUT2D eigenvalue weighted by atomic mass is 9.84. The molecule has 3 aliphatic rings. The Bertz CT molecular complexity index is 872. The van der Waals surface area contributed by atoms with Gasteiger partial charge in [-0.2, -0.15) is 0 Å². The van der Waals surface area contributed by atoms with Gasteiger partial charge in [-0.25, -0.2) is 0 Å². The SMILES string of the molecule is O=C(CCc1nnc(-c2ccc3c(c2)OCO3)o1)NC[C@H]1CC12CCCCC2. The summed E-state index contributed by atoms with van der Waals surface area (Å²) in [5.74, 6) is 3.01. The lowest BCUT2D eigenvalue weighted by Crippen LogP contribution is -2.27. The molecule has 1 N–H and O–H groups in total. The molecule has 1 aromatic carbocycles. The van der Waals surface area contributed by atoms with Crippen LogP contribution in [-0.4, -0.2) is 29.4 Å². The third-order valence-corrected chi connectivity index (χ3v) is 6.41. The molecule has 148 valence electrons. The number of aromatic nitrogens is 2. The molecule has 2 aliphatic carbocycles. The zero-order chi connectivity index (χ0) is 19.0. The van der Waals surface area contributed by atoms with Crippen LogP contribution in [-0.2, 0) is 11.2 Å². The minimum absolute atomic E-state index is 0.0562. The molecule has 28 heavy (non-hydrogen) atoms. The molecule has 2 heterocycles. The smallest absolute Gasteiger partial charge is 0.247 e. The molecule has 7 nitrogen and oxygen atoms in total. The fourth-order valence-corrected chi connectivity index (χ4v) is 4.64. The fourth-order valence-electron chi connectivity index (χ4n) is 4.64. The van der Waals surface area contributed by atoms with Gasteiger partial charge in [-0.3, -0.25) is 4.79 Å². The van der Waals surface area contributed by atoms with Crippen molar-refractivity contribution in [1.82, 2.24) is 15.5 Å². The van der Waals surface area contributed by atoms with Gasteiger partial charge in [-0.05, 0) is 48.8 Å². The maximum Gasteiger partial charge on any atom is 0.247 e. The maximum atomic E-state index is 12.2. The molecule has 1 amide bonds. The number of amides is 1. The van der Waals surface area contributed by atoms with Crippen molar-refractivity contribution in [2.24, 2.45) is 11.3 Å². The van der Waals surface area contributed by atoms with Gasteiger partial charge in [-0.15, -0.1) is 10.2 Å². The third kappa shape index (κ3) is 3.45. The largest absolute Gasteiger partial charge is 0.454 e. The number of benzene rings is 1. The second-order valence-electron chi connectivity index (χ2n) is 8.20. The highest BCUT2D eigenvalue weighted by Crippen LogP contribution is 2.60. The van der Waals surface area contributed by atoms with E-state index in [0.717, 1.165) is 12.1 Å². The summed E-state index contributed by atoms with van der Waals surface area (Å²) in [7, 11) is 0. The van der Waals surface area contributed by atoms with Crippen LogP contribution in [0.3, 0.4) is 0 Å². The lowest BCUT2D eigenvalue weighted by Gasteiger charge is -2.22. The van der Waals surface area contributed by atoms with Crippen molar-refractivity contribution in [3.05, 3.63) is 24.1 Å². The summed E-state index contributed by atoms with van der Waals surface area (Å²) in [5.41, 5.74) is 1.33. The first-order valence-corrected chi connectivity index (χ1v) is 10.2. The predicted molar refractivity (Wildman–Crippen MR) is 101 cm³/mol. The normalized spacial score (nSPS) is 21.6. The Hall–Kier alpha value is -2.57. The number of hydrogen-bond donors (Lipinski definition) is 1. The Kier molecular flexibility index (Phi) is 4.45. The van der Waals surface area contributed by atoms with Gasteiger partial charge in [0.15, 0.2) is 11.5 Å². The number of hydrogen-bond acceptors (Lipinski definition) is 6. The van der Waals surface area contributed by atoms with Gasteiger partial charge in [0.2, 0.25) is 24.5 Å². The van der Waals surface area contributed by atoms with Crippen LogP contribution in [0.5, 0.6) is 11.5 Å². The zero-order valence-corrected chi connectivity index (χ0v) is 15.9. The van der Waals surface area contributed by atoms with E-state index in [9.17, 15) is 4.79 Å². The summed E-state index contributed by atoms with van der Waals surface area (Å²) >= 11 is 0. The Labute approximate surface area is 163 Å². The van der Waals surface area contributed by atoms with E-state index in [-0.39, 0.29) is 12.7 Å². The van der Waals surface area contributed by atoms with Crippen molar-refractivity contribution >= 4 is 5.91 Å². The summed E-state index contributed by atoms with van der Waals surface area (Å²) in [6, 6.07) is 5.50. The molecule has 1 aromatic heterocycles. The molecular formula is C21H25N3O4. The van der Waals surface area contributed by atoms with Crippen molar-refractivity contribution in [2.75, 3.05) is 13.3 Å². The van der Waals surface area contributed by atoms with E-state index in [2.05, 4.69) is 15.5 Å². The monoisotopic (exact) mass is 383 g/mol. The van der Waals surface area contributed by atoms with Crippen LogP contribution in [0.4, 0.5) is 0 Å². The van der Waals surface area contributed by atoms with Crippen molar-refractivity contribution in [3.8, 4) is 23.0 Å². The van der Waals surface area contributed by atoms with Crippen molar-refractivity contribution in [3.63, 3.8) is 0 Å². The molecule has 2 aromatic rings. The van der Waals surface area contributed by atoms with E-state index in [1.165, 1.54) is 38.5 Å². The van der Waals surface area contributed by atoms with Gasteiger partial charge < -0.3 is 19.2 Å². The van der Waals surface area contributed by atoms with E-state index in [0.29, 0.717) is 47.5 Å². The summed E-state index contributed by atoms with van der Waals surface area (Å²) in [5, 5.41) is 11.2. The third-order valence-electron chi connectivity index (χ3n) is 6.41. The number of ether oxygens (including phenoxy) is 2. The van der Waals surface area contributed by atoms with Crippen molar-refractivity contribution < 1.29 is 18.7 Å². The Morgan fingerprint density at radius 1 is 1.14 bits per heavy atom. The van der Waals surface area contributed by atoms with Gasteiger partial charge in [0, 0.05) is 24.9 Å². The van der Waals surface area contributed by atoms with Crippen molar-refractivity contribution in [1.29, 1.82) is 0 Å². The maximum absolute atomic E-state index is 12.2. The number of fused-ring (bicyclic) bond motifs is 1. The molecule has 1 atom stereocenters. The number of aryl methyl sites for hydroxylation is 1. The van der Waals surface area contributed by atoms with Crippen LogP contribution in [0.1, 0.15) is 50.8 Å². The molecule has 0 saturated heterocycles.